The van der Waals surface area contributed by atoms with Crippen LogP contribution in [-0.2, 0) is 14.3 Å². The van der Waals surface area contributed by atoms with E-state index in [2.05, 4.69) is 4.74 Å². The second-order valence-electron chi connectivity index (χ2n) is 2.79. The predicted molar refractivity (Wildman–Crippen MR) is 51.4 cm³/mol. The minimum atomic E-state index is -1.06. The lowest BCUT2D eigenvalue weighted by Gasteiger charge is -1.98. The van der Waals surface area contributed by atoms with E-state index in [4.69, 9.17) is 10.4 Å². The average Bonchev–Trinajstić information content (AvgIpc) is 2.24. The summed E-state index contributed by atoms with van der Waals surface area (Å²) >= 11 is 0. The van der Waals surface area contributed by atoms with E-state index in [-0.39, 0.29) is 5.57 Å². The summed E-state index contributed by atoms with van der Waals surface area (Å²) in [5.41, 5.74) is -0.203. The summed E-state index contributed by atoms with van der Waals surface area (Å²) in [5.74, 6) is -2.07. The lowest BCUT2D eigenvalue weighted by Crippen LogP contribution is -2.16. The Hall–Kier alpha value is -1.67. The van der Waals surface area contributed by atoms with Crippen molar-refractivity contribution < 1.29 is 19.4 Å². The Balaban J connectivity index is 4.29. The van der Waals surface area contributed by atoms with Gasteiger partial charge in [0.15, 0.2) is 0 Å². The van der Waals surface area contributed by atoms with Crippen LogP contribution >= 0.6 is 0 Å². The molecule has 5 heteroatoms. The highest BCUT2D eigenvalue weighted by molar-refractivity contribution is 5.99. The molecule has 0 saturated carbocycles. The number of carbonyl (C=O) groups excluding carboxylic acids is 2. The molecular weight excluding hydrogens is 198 g/mol. The summed E-state index contributed by atoms with van der Waals surface area (Å²) < 4.78 is 4.16. The van der Waals surface area contributed by atoms with Gasteiger partial charge in [-0.2, -0.15) is 5.26 Å². The van der Waals surface area contributed by atoms with Gasteiger partial charge in [-0.1, -0.05) is 25.8 Å². The van der Waals surface area contributed by atoms with E-state index in [1.807, 2.05) is 6.92 Å². The molecule has 0 bridgehead atoms. The molecule has 0 aliphatic heterocycles. The van der Waals surface area contributed by atoms with Crippen molar-refractivity contribution in [1.82, 2.24) is 0 Å². The van der Waals surface area contributed by atoms with Crippen LogP contribution in [0.3, 0.4) is 0 Å². The van der Waals surface area contributed by atoms with Crippen LogP contribution in [0, 0.1) is 11.3 Å². The maximum atomic E-state index is 11.1. The lowest BCUT2D eigenvalue weighted by atomic mass is 10.2. The first kappa shape index (κ1) is 13.3. The monoisotopic (exact) mass is 211 g/mol. The van der Waals surface area contributed by atoms with Crippen molar-refractivity contribution in [3.05, 3.63) is 11.6 Å². The Labute approximate surface area is 88.0 Å². The minimum Gasteiger partial charge on any atom is -0.387 e. The highest BCUT2D eigenvalue weighted by Gasteiger charge is 2.14. The molecule has 0 fully saturated rings. The maximum Gasteiger partial charge on any atom is 0.356 e. The average molecular weight is 211 g/mol. The first-order valence-corrected chi connectivity index (χ1v) is 4.61. The van der Waals surface area contributed by atoms with E-state index in [9.17, 15) is 9.59 Å². The number of esters is 2. The van der Waals surface area contributed by atoms with Gasteiger partial charge in [0.05, 0.1) is 0 Å². The molecule has 0 aromatic rings. The van der Waals surface area contributed by atoms with Gasteiger partial charge in [0.2, 0.25) is 0 Å². The Morgan fingerprint density at radius 2 is 2.20 bits per heavy atom. The Kier molecular flexibility index (Phi) is 6.85. The molecule has 0 aromatic carbocycles. The summed E-state index contributed by atoms with van der Waals surface area (Å²) in [6.45, 7) is 1.10. The van der Waals surface area contributed by atoms with E-state index in [1.54, 1.807) is 6.07 Å². The van der Waals surface area contributed by atoms with Crippen LogP contribution in [0.25, 0.3) is 0 Å². The van der Waals surface area contributed by atoms with E-state index in [1.165, 1.54) is 6.08 Å². The van der Waals surface area contributed by atoms with Gasteiger partial charge in [0.25, 0.3) is 0 Å². The van der Waals surface area contributed by atoms with Gasteiger partial charge in [0, 0.05) is 0 Å². The molecule has 0 radical (unpaired) electrons. The molecule has 0 aromatic heterocycles. The van der Waals surface area contributed by atoms with Crippen LogP contribution < -0.4 is 0 Å². The fourth-order valence-electron chi connectivity index (χ4n) is 0.816. The van der Waals surface area contributed by atoms with Gasteiger partial charge in [0.1, 0.15) is 18.2 Å². The third-order valence-electron chi connectivity index (χ3n) is 1.58. The molecule has 0 unspecified atom stereocenters. The molecule has 0 aliphatic rings. The molecule has 0 spiro atoms. The molecular formula is C10H13NO4. The summed E-state index contributed by atoms with van der Waals surface area (Å²) in [6.07, 6.45) is 3.81. The maximum absolute atomic E-state index is 11.1. The molecule has 15 heavy (non-hydrogen) atoms. The Morgan fingerprint density at radius 1 is 1.53 bits per heavy atom. The summed E-state index contributed by atoms with van der Waals surface area (Å²) in [7, 11) is 0. The van der Waals surface area contributed by atoms with Crippen LogP contribution in [0.15, 0.2) is 11.6 Å². The fourth-order valence-corrected chi connectivity index (χ4v) is 0.816. The fraction of sp³-hybridized carbons (Fsp3) is 0.500. The van der Waals surface area contributed by atoms with Gasteiger partial charge >= 0.3 is 11.9 Å². The zero-order valence-corrected chi connectivity index (χ0v) is 8.52. The molecule has 0 heterocycles. The number of aliphatic hydroxyl groups excluding tert-OH is 1. The molecule has 5 nitrogen and oxygen atoms in total. The van der Waals surface area contributed by atoms with Crippen LogP contribution in [0.4, 0.5) is 0 Å². The zero-order chi connectivity index (χ0) is 11.7. The number of nitriles is 1. The quantitative estimate of drug-likeness (QED) is 0.237. The van der Waals surface area contributed by atoms with Crippen molar-refractivity contribution in [3.63, 3.8) is 0 Å². The number of rotatable bonds is 5. The first-order chi connectivity index (χ1) is 7.15. The number of ether oxygens (including phenoxy) is 1. The van der Waals surface area contributed by atoms with Gasteiger partial charge < -0.3 is 9.84 Å². The molecule has 1 N–H and O–H groups in total. The van der Waals surface area contributed by atoms with Crippen molar-refractivity contribution in [2.45, 2.75) is 26.2 Å². The van der Waals surface area contributed by atoms with Crippen LogP contribution in [-0.4, -0.2) is 23.7 Å². The largest absolute Gasteiger partial charge is 0.387 e. The molecule has 0 aliphatic carbocycles. The van der Waals surface area contributed by atoms with Crippen molar-refractivity contribution in [1.29, 1.82) is 5.26 Å². The Bertz CT molecular complexity index is 301. The van der Waals surface area contributed by atoms with E-state index < -0.39 is 18.5 Å². The van der Waals surface area contributed by atoms with Gasteiger partial charge in [-0.05, 0) is 6.42 Å². The minimum absolute atomic E-state index is 0.203. The summed E-state index contributed by atoms with van der Waals surface area (Å²) in [5, 5.41) is 16.9. The lowest BCUT2D eigenvalue weighted by molar-refractivity contribution is -0.158. The molecule has 0 atom stereocenters. The zero-order valence-electron chi connectivity index (χ0n) is 8.52. The van der Waals surface area contributed by atoms with E-state index in [0.29, 0.717) is 6.42 Å². The topological polar surface area (TPSA) is 87.4 Å². The number of unbranched alkanes of at least 4 members (excludes halogenated alkanes) is 2. The number of aliphatic hydroxyl groups is 1. The number of carbonyl (C=O) groups is 2. The molecule has 0 rings (SSSR count). The van der Waals surface area contributed by atoms with Crippen molar-refractivity contribution >= 4 is 11.9 Å². The highest BCUT2D eigenvalue weighted by atomic mass is 16.6. The summed E-state index contributed by atoms with van der Waals surface area (Å²) in [6, 6.07) is 1.64. The van der Waals surface area contributed by atoms with Crippen LogP contribution in [0.1, 0.15) is 26.2 Å². The second kappa shape index (κ2) is 7.71. The number of hydrogen-bond donors (Lipinski definition) is 1. The van der Waals surface area contributed by atoms with E-state index >= 15 is 0 Å². The van der Waals surface area contributed by atoms with Crippen molar-refractivity contribution in [2.75, 3.05) is 6.61 Å². The van der Waals surface area contributed by atoms with Gasteiger partial charge in [-0.3, -0.25) is 0 Å². The number of hydrogen-bond acceptors (Lipinski definition) is 5. The van der Waals surface area contributed by atoms with Crippen molar-refractivity contribution in [2.24, 2.45) is 0 Å². The third-order valence-corrected chi connectivity index (χ3v) is 1.58. The normalized spacial score (nSPS) is 10.6. The van der Waals surface area contributed by atoms with Gasteiger partial charge in [-0.15, -0.1) is 0 Å². The van der Waals surface area contributed by atoms with Crippen LogP contribution in [0.2, 0.25) is 0 Å². The first-order valence-electron chi connectivity index (χ1n) is 4.61. The Morgan fingerprint density at radius 3 is 2.67 bits per heavy atom. The van der Waals surface area contributed by atoms with Gasteiger partial charge in [-0.25, -0.2) is 9.59 Å². The molecule has 0 saturated heterocycles. The SMILES string of the molecule is CCCCC=C(C#N)C(=O)OC(=O)CO. The number of allylic oxidation sites excluding steroid dienone is 1. The molecule has 82 valence electrons. The summed E-state index contributed by atoms with van der Waals surface area (Å²) in [4.78, 5) is 21.6. The van der Waals surface area contributed by atoms with Crippen LogP contribution in [0.5, 0.6) is 0 Å². The van der Waals surface area contributed by atoms with Crippen molar-refractivity contribution in [3.8, 4) is 6.07 Å². The second-order valence-corrected chi connectivity index (χ2v) is 2.79. The third kappa shape index (κ3) is 5.60. The smallest absolute Gasteiger partial charge is 0.356 e. The highest BCUT2D eigenvalue weighted by Crippen LogP contribution is 2.03. The predicted octanol–water partition coefficient (Wildman–Crippen LogP) is 0.689. The van der Waals surface area contributed by atoms with E-state index in [0.717, 1.165) is 12.8 Å². The number of nitrogens with zero attached hydrogens (tertiary/aromatic N) is 1. The molecule has 0 amide bonds. The standard InChI is InChI=1S/C10H13NO4/c1-2-3-4-5-8(6-11)10(14)15-9(13)7-12/h5,12H,2-4,7H2,1H3.